The molecule has 0 radical (unpaired) electrons. The highest BCUT2D eigenvalue weighted by atomic mass is 32.1. The Morgan fingerprint density at radius 2 is 1.79 bits per heavy atom. The third-order valence-electron chi connectivity index (χ3n) is 9.36. The van der Waals surface area contributed by atoms with Crippen LogP contribution in [0.1, 0.15) is 73.7 Å². The molecule has 3 N–H and O–H groups in total. The molecule has 2 aliphatic rings. The summed E-state index contributed by atoms with van der Waals surface area (Å²) >= 11 is 1.27. The topological polar surface area (TPSA) is 187 Å². The molecule has 0 aliphatic carbocycles. The third kappa shape index (κ3) is 7.98. The van der Waals surface area contributed by atoms with Crippen LogP contribution in [-0.2, 0) is 23.6 Å². The Balaban J connectivity index is 0.912. The molecule has 5 heterocycles. The van der Waals surface area contributed by atoms with Crippen LogP contribution in [0.2, 0.25) is 0 Å². The van der Waals surface area contributed by atoms with Crippen LogP contribution in [0.5, 0.6) is 11.5 Å². The van der Waals surface area contributed by atoms with Gasteiger partial charge in [0.05, 0.1) is 48.2 Å². The quantitative estimate of drug-likeness (QED) is 0.0983. The number of ether oxygens (including phenoxy) is 3. The van der Waals surface area contributed by atoms with E-state index in [1.807, 2.05) is 17.2 Å². The van der Waals surface area contributed by atoms with Crippen LogP contribution < -0.4 is 25.4 Å². The predicted octanol–water partition coefficient (Wildman–Crippen LogP) is 5.78. The minimum absolute atomic E-state index is 0.00530. The van der Waals surface area contributed by atoms with Gasteiger partial charge in [0.25, 0.3) is 17.7 Å². The summed E-state index contributed by atoms with van der Waals surface area (Å²) in [7, 11) is 4.85. The molecule has 0 unspecified atom stereocenters. The molecule has 16 nitrogen and oxygen atoms in total. The Hall–Kier alpha value is -6.49. The van der Waals surface area contributed by atoms with E-state index in [0.717, 1.165) is 22.9 Å². The van der Waals surface area contributed by atoms with Crippen molar-refractivity contribution in [1.82, 2.24) is 19.0 Å². The number of benzene rings is 2. The molecule has 2 aliphatic heterocycles. The van der Waals surface area contributed by atoms with Crippen LogP contribution >= 0.6 is 11.3 Å². The number of thiophene rings is 1. The molecule has 0 spiro atoms. The predicted molar refractivity (Wildman–Crippen MR) is 211 cm³/mol. The van der Waals surface area contributed by atoms with Crippen molar-refractivity contribution in [2.24, 2.45) is 19.1 Å². The Morgan fingerprint density at radius 1 is 0.946 bits per heavy atom. The maximum absolute atomic E-state index is 13.3. The zero-order chi connectivity index (χ0) is 39.5. The van der Waals surface area contributed by atoms with Gasteiger partial charge in [-0.1, -0.05) is 0 Å². The molecule has 290 valence electrons. The number of hydrogen-bond acceptors (Lipinski definition) is 11. The van der Waals surface area contributed by atoms with Gasteiger partial charge < -0.3 is 44.2 Å². The first-order valence-electron chi connectivity index (χ1n) is 18.0. The SMILES string of the molecule is CCOC(=O)c1nc(NC(=O)c2cc3cc(NC(=O)c4cc(NC(=O)CCCOc5cc6c(cc5OC)C(=O)N5CCC[C@H]5C=N6)cn4C)ccc3s2)cn1C. The molecule has 7 rings (SSSR count). The molecule has 0 bridgehead atoms. The third-order valence-corrected chi connectivity index (χ3v) is 10.5. The molecule has 4 amide bonds. The van der Waals surface area contributed by atoms with Crippen molar-refractivity contribution in [3.63, 3.8) is 0 Å². The summed E-state index contributed by atoms with van der Waals surface area (Å²) in [6.07, 6.45) is 7.40. The van der Waals surface area contributed by atoms with Crippen molar-refractivity contribution in [3.8, 4) is 11.5 Å². The highest BCUT2D eigenvalue weighted by Crippen LogP contribution is 2.38. The lowest BCUT2D eigenvalue weighted by atomic mass is 10.1. The largest absolute Gasteiger partial charge is 0.493 e. The Bertz CT molecular complexity index is 2390. The second-order valence-corrected chi connectivity index (χ2v) is 14.4. The zero-order valence-corrected chi connectivity index (χ0v) is 32.0. The molecule has 1 fully saturated rings. The van der Waals surface area contributed by atoms with Gasteiger partial charge in [-0.05, 0) is 68.0 Å². The first kappa shape index (κ1) is 37.8. The fourth-order valence-corrected chi connectivity index (χ4v) is 7.57. The van der Waals surface area contributed by atoms with Crippen molar-refractivity contribution < 1.29 is 38.2 Å². The van der Waals surface area contributed by atoms with Crippen molar-refractivity contribution >= 4 is 80.1 Å². The molecule has 17 heteroatoms. The number of aromatic nitrogens is 3. The molecule has 56 heavy (non-hydrogen) atoms. The highest BCUT2D eigenvalue weighted by Gasteiger charge is 2.32. The lowest BCUT2D eigenvalue weighted by Crippen LogP contribution is -2.35. The number of nitrogens with one attached hydrogen (secondary N) is 3. The number of fused-ring (bicyclic) bond motifs is 3. The Labute approximate surface area is 325 Å². The summed E-state index contributed by atoms with van der Waals surface area (Å²) in [5.74, 6) is -0.541. The van der Waals surface area contributed by atoms with Crippen LogP contribution in [0.4, 0.5) is 22.9 Å². The lowest BCUT2D eigenvalue weighted by molar-refractivity contribution is -0.116. The van der Waals surface area contributed by atoms with Gasteiger partial charge in [0, 0.05) is 62.1 Å². The van der Waals surface area contributed by atoms with Crippen LogP contribution in [0, 0.1) is 0 Å². The van der Waals surface area contributed by atoms with Gasteiger partial charge in [0.1, 0.15) is 5.69 Å². The van der Waals surface area contributed by atoms with Gasteiger partial charge in [-0.2, -0.15) is 0 Å². The molecule has 3 aromatic heterocycles. The Kier molecular flexibility index (Phi) is 10.9. The number of rotatable bonds is 13. The number of imidazole rings is 1. The molecular weight excluding hydrogens is 741 g/mol. The van der Waals surface area contributed by atoms with E-state index in [1.165, 1.54) is 29.2 Å². The molecule has 2 aromatic carbocycles. The monoisotopic (exact) mass is 780 g/mol. The number of carbonyl (C=O) groups is 5. The first-order chi connectivity index (χ1) is 27.0. The summed E-state index contributed by atoms with van der Waals surface area (Å²) in [6, 6.07) is 12.0. The van der Waals surface area contributed by atoms with E-state index in [0.29, 0.717) is 57.7 Å². The van der Waals surface area contributed by atoms with E-state index >= 15 is 0 Å². The zero-order valence-electron chi connectivity index (χ0n) is 31.2. The van der Waals surface area contributed by atoms with E-state index in [2.05, 4.69) is 25.9 Å². The van der Waals surface area contributed by atoms with Gasteiger partial charge in [0.15, 0.2) is 17.3 Å². The van der Waals surface area contributed by atoms with E-state index < -0.39 is 11.9 Å². The van der Waals surface area contributed by atoms with E-state index in [-0.39, 0.29) is 55.0 Å². The average Bonchev–Trinajstić information content (AvgIpc) is 3.97. The number of methoxy groups -OCH3 is 1. The summed E-state index contributed by atoms with van der Waals surface area (Å²) in [5, 5.41) is 9.19. The molecule has 1 saturated heterocycles. The lowest BCUT2D eigenvalue weighted by Gasteiger charge is -2.20. The maximum Gasteiger partial charge on any atom is 0.374 e. The maximum atomic E-state index is 13.3. The van der Waals surface area contributed by atoms with E-state index in [4.69, 9.17) is 14.2 Å². The summed E-state index contributed by atoms with van der Waals surface area (Å²) in [4.78, 5) is 75.3. The van der Waals surface area contributed by atoms with Crippen LogP contribution in [-0.4, -0.2) is 87.7 Å². The number of amides is 4. The second-order valence-electron chi connectivity index (χ2n) is 13.3. The summed E-state index contributed by atoms with van der Waals surface area (Å²) in [5.41, 5.74) is 2.31. The number of anilines is 3. The normalized spacial score (nSPS) is 14.5. The van der Waals surface area contributed by atoms with E-state index in [1.54, 1.807) is 68.2 Å². The standard InChI is InChI=1S/C39H40N8O8S/c1-5-54-39(52)35-43-33(21-46(35)3)44-37(50)32-15-22-14-23(10-11-31(22)56-32)42-36(49)28-16-24(20-45(28)2)41-34(48)9-7-13-55-30-18-27-26(17-29(30)53-4)38(51)47-12-6-8-25(47)19-40-27/h10-11,14-21,25H,5-9,12-13H2,1-4H3,(H,41,48)(H,42,49)(H,44,50)/t25-/m0/s1. The van der Waals surface area contributed by atoms with Crippen LogP contribution in [0.15, 0.2) is 59.9 Å². The van der Waals surface area contributed by atoms with Gasteiger partial charge in [-0.15, -0.1) is 11.3 Å². The number of carbonyl (C=O) groups excluding carboxylic acids is 5. The average molecular weight is 781 g/mol. The number of hydrogen-bond donors (Lipinski definition) is 3. The minimum Gasteiger partial charge on any atom is -0.493 e. The van der Waals surface area contributed by atoms with Gasteiger partial charge >= 0.3 is 5.97 Å². The number of nitrogens with zero attached hydrogens (tertiary/aromatic N) is 5. The fraction of sp³-hybridized carbons (Fsp3) is 0.308. The van der Waals surface area contributed by atoms with Crippen molar-refractivity contribution in [2.45, 2.75) is 38.6 Å². The fourth-order valence-electron chi connectivity index (χ4n) is 6.64. The summed E-state index contributed by atoms with van der Waals surface area (Å²) in [6.45, 7) is 2.83. The van der Waals surface area contributed by atoms with Crippen molar-refractivity contribution in [3.05, 3.63) is 76.8 Å². The van der Waals surface area contributed by atoms with Crippen molar-refractivity contribution in [1.29, 1.82) is 0 Å². The molecular formula is C39H40N8O8S. The Morgan fingerprint density at radius 3 is 2.59 bits per heavy atom. The van der Waals surface area contributed by atoms with Gasteiger partial charge in [0.2, 0.25) is 11.7 Å². The van der Waals surface area contributed by atoms with Crippen molar-refractivity contribution in [2.75, 3.05) is 42.8 Å². The van der Waals surface area contributed by atoms with E-state index in [9.17, 15) is 24.0 Å². The van der Waals surface area contributed by atoms with Crippen LogP contribution in [0.3, 0.4) is 0 Å². The highest BCUT2D eigenvalue weighted by molar-refractivity contribution is 7.20. The molecule has 1 atom stereocenters. The van der Waals surface area contributed by atoms with Crippen LogP contribution in [0.25, 0.3) is 10.1 Å². The number of esters is 1. The second kappa shape index (κ2) is 16.1. The number of aryl methyl sites for hydroxylation is 2. The van der Waals surface area contributed by atoms with Gasteiger partial charge in [-0.25, -0.2) is 9.78 Å². The minimum atomic E-state index is -0.586. The molecule has 5 aromatic rings. The smallest absolute Gasteiger partial charge is 0.374 e. The van der Waals surface area contributed by atoms with Gasteiger partial charge in [-0.3, -0.25) is 24.2 Å². The molecule has 0 saturated carbocycles. The summed E-state index contributed by atoms with van der Waals surface area (Å²) < 4.78 is 20.4. The first-order valence-corrected chi connectivity index (χ1v) is 18.9. The number of aliphatic imine (C=N–C) groups is 1.